The molecule has 0 aliphatic carbocycles. The van der Waals surface area contributed by atoms with Crippen molar-refractivity contribution in [3.8, 4) is 0 Å². The van der Waals surface area contributed by atoms with Gasteiger partial charge in [-0.25, -0.2) is 9.59 Å². The van der Waals surface area contributed by atoms with Crippen molar-refractivity contribution in [3.05, 3.63) is 107 Å². The number of carbonyl (C=O) groups excluding carboxylic acids is 2. The molecule has 6 nitrogen and oxygen atoms in total. The Morgan fingerprint density at radius 3 is 1.28 bits per heavy atom. The number of ether oxygens (including phenoxy) is 2. The average molecular weight is 434 g/mol. The van der Waals surface area contributed by atoms with Gasteiger partial charge in [0.15, 0.2) is 0 Å². The first-order valence-corrected chi connectivity index (χ1v) is 10.4. The highest BCUT2D eigenvalue weighted by atomic mass is 16.5. The van der Waals surface area contributed by atoms with Crippen LogP contribution in [0.4, 0.5) is 0 Å². The molecule has 2 unspecified atom stereocenters. The highest BCUT2D eigenvalue weighted by Crippen LogP contribution is 2.17. The van der Waals surface area contributed by atoms with Gasteiger partial charge in [0.25, 0.3) is 0 Å². The van der Waals surface area contributed by atoms with Crippen LogP contribution in [0.5, 0.6) is 0 Å². The standard InChI is InChI=1S/C26H26O6/c27-23(19-7-3-1-4-8-19)15-17-31-25(29)21-11-13-22(14-12-21)26(30)32-18-16-24(28)20-9-5-2-6-10-20/h1-14,23-24,27-28H,15-18H2. The van der Waals surface area contributed by atoms with Crippen molar-refractivity contribution >= 4 is 11.9 Å². The summed E-state index contributed by atoms with van der Waals surface area (Å²) in [5, 5.41) is 20.2. The minimum absolute atomic E-state index is 0.0719. The Hall–Kier alpha value is -3.48. The number of carbonyl (C=O) groups is 2. The lowest BCUT2D eigenvalue weighted by Crippen LogP contribution is -2.11. The summed E-state index contributed by atoms with van der Waals surface area (Å²) in [5.74, 6) is -1.06. The molecule has 0 spiro atoms. The molecule has 0 saturated heterocycles. The average Bonchev–Trinajstić information content (AvgIpc) is 2.85. The molecule has 0 bridgehead atoms. The monoisotopic (exact) mass is 434 g/mol. The number of benzene rings is 3. The molecule has 3 aromatic rings. The van der Waals surface area contributed by atoms with E-state index in [1.165, 1.54) is 24.3 Å². The first-order chi connectivity index (χ1) is 15.5. The molecular weight excluding hydrogens is 408 g/mol. The maximum Gasteiger partial charge on any atom is 0.338 e. The van der Waals surface area contributed by atoms with Crippen LogP contribution in [-0.2, 0) is 9.47 Å². The van der Waals surface area contributed by atoms with Crippen LogP contribution >= 0.6 is 0 Å². The van der Waals surface area contributed by atoms with E-state index in [0.717, 1.165) is 11.1 Å². The number of rotatable bonds is 10. The summed E-state index contributed by atoms with van der Waals surface area (Å²) in [7, 11) is 0. The van der Waals surface area contributed by atoms with Crippen LogP contribution in [0.25, 0.3) is 0 Å². The van der Waals surface area contributed by atoms with E-state index in [1.54, 1.807) is 0 Å². The van der Waals surface area contributed by atoms with Gasteiger partial charge in [0.05, 0.1) is 36.5 Å². The highest BCUT2D eigenvalue weighted by molar-refractivity contribution is 5.93. The van der Waals surface area contributed by atoms with Crippen LogP contribution in [0.3, 0.4) is 0 Å². The second-order valence-electron chi connectivity index (χ2n) is 7.28. The maximum atomic E-state index is 12.2. The minimum atomic E-state index is -0.707. The molecule has 166 valence electrons. The lowest BCUT2D eigenvalue weighted by atomic mass is 10.1. The SMILES string of the molecule is O=C(OCCC(O)c1ccccc1)c1ccc(C(=O)OCCC(O)c2ccccc2)cc1. The first kappa shape index (κ1) is 23.2. The predicted molar refractivity (Wildman–Crippen MR) is 119 cm³/mol. The quantitative estimate of drug-likeness (QED) is 0.464. The molecule has 3 rings (SSSR count). The summed E-state index contributed by atoms with van der Waals surface area (Å²) in [4.78, 5) is 24.4. The van der Waals surface area contributed by atoms with Crippen molar-refractivity contribution in [2.45, 2.75) is 25.0 Å². The highest BCUT2D eigenvalue weighted by Gasteiger charge is 2.14. The molecule has 0 fully saturated rings. The Bertz CT molecular complexity index is 903. The number of aliphatic hydroxyl groups excluding tert-OH is 2. The second kappa shape index (κ2) is 11.8. The third kappa shape index (κ3) is 6.77. The second-order valence-corrected chi connectivity index (χ2v) is 7.28. The molecule has 0 radical (unpaired) electrons. The zero-order valence-corrected chi connectivity index (χ0v) is 17.6. The Morgan fingerprint density at radius 2 is 0.938 bits per heavy atom. The van der Waals surface area contributed by atoms with Gasteiger partial charge < -0.3 is 19.7 Å². The van der Waals surface area contributed by atoms with Crippen molar-refractivity contribution in [2.75, 3.05) is 13.2 Å². The van der Waals surface area contributed by atoms with Gasteiger partial charge in [0, 0.05) is 12.8 Å². The minimum Gasteiger partial charge on any atom is -0.462 e. The summed E-state index contributed by atoms with van der Waals surface area (Å²) >= 11 is 0. The van der Waals surface area contributed by atoms with Gasteiger partial charge in [-0.3, -0.25) is 0 Å². The van der Waals surface area contributed by atoms with Gasteiger partial charge in [0.1, 0.15) is 0 Å². The fraction of sp³-hybridized carbons (Fsp3) is 0.231. The fourth-order valence-corrected chi connectivity index (χ4v) is 3.12. The normalized spacial score (nSPS) is 12.6. The van der Waals surface area contributed by atoms with E-state index in [-0.39, 0.29) is 26.1 Å². The Kier molecular flexibility index (Phi) is 8.54. The van der Waals surface area contributed by atoms with E-state index in [2.05, 4.69) is 0 Å². The summed E-state index contributed by atoms with van der Waals surface area (Å²) in [5.41, 5.74) is 2.14. The van der Waals surface area contributed by atoms with E-state index in [4.69, 9.17) is 9.47 Å². The predicted octanol–water partition coefficient (Wildman–Crippen LogP) is 4.25. The Balaban J connectivity index is 1.41. The lowest BCUT2D eigenvalue weighted by Gasteiger charge is -2.12. The Morgan fingerprint density at radius 1 is 0.594 bits per heavy atom. The third-order valence-electron chi connectivity index (χ3n) is 4.97. The van der Waals surface area contributed by atoms with Crippen LogP contribution in [0.15, 0.2) is 84.9 Å². The van der Waals surface area contributed by atoms with Crippen molar-refractivity contribution < 1.29 is 29.3 Å². The zero-order valence-electron chi connectivity index (χ0n) is 17.6. The molecule has 2 atom stereocenters. The van der Waals surface area contributed by atoms with E-state index < -0.39 is 24.1 Å². The van der Waals surface area contributed by atoms with Gasteiger partial charge in [0.2, 0.25) is 0 Å². The molecule has 0 aliphatic heterocycles. The summed E-state index contributed by atoms with van der Waals surface area (Å²) in [6, 6.07) is 24.3. The van der Waals surface area contributed by atoms with E-state index in [0.29, 0.717) is 11.1 Å². The molecule has 6 heteroatoms. The number of aliphatic hydroxyl groups is 2. The van der Waals surface area contributed by atoms with Crippen molar-refractivity contribution in [1.82, 2.24) is 0 Å². The van der Waals surface area contributed by atoms with Crippen LogP contribution < -0.4 is 0 Å². The molecule has 0 aliphatic rings. The van der Waals surface area contributed by atoms with Crippen molar-refractivity contribution in [1.29, 1.82) is 0 Å². The Labute approximate surface area is 187 Å². The van der Waals surface area contributed by atoms with Gasteiger partial charge >= 0.3 is 11.9 Å². The fourth-order valence-electron chi connectivity index (χ4n) is 3.12. The van der Waals surface area contributed by atoms with Gasteiger partial charge in [-0.05, 0) is 35.4 Å². The van der Waals surface area contributed by atoms with E-state index in [1.807, 2.05) is 60.7 Å². The number of hydrogen-bond donors (Lipinski definition) is 2. The lowest BCUT2D eigenvalue weighted by molar-refractivity contribution is 0.0414. The van der Waals surface area contributed by atoms with Gasteiger partial charge in [-0.2, -0.15) is 0 Å². The first-order valence-electron chi connectivity index (χ1n) is 10.4. The zero-order chi connectivity index (χ0) is 22.8. The summed E-state index contributed by atoms with van der Waals surface area (Å²) in [6.45, 7) is 0.144. The molecule has 0 saturated carbocycles. The molecule has 0 aromatic heterocycles. The maximum absolute atomic E-state index is 12.2. The molecule has 0 amide bonds. The molecule has 0 heterocycles. The van der Waals surface area contributed by atoms with Crippen LogP contribution in [0.1, 0.15) is 56.9 Å². The number of hydrogen-bond acceptors (Lipinski definition) is 6. The van der Waals surface area contributed by atoms with Crippen molar-refractivity contribution in [3.63, 3.8) is 0 Å². The van der Waals surface area contributed by atoms with Crippen LogP contribution in [0, 0.1) is 0 Å². The molecule has 2 N–H and O–H groups in total. The molecular formula is C26H26O6. The molecule has 3 aromatic carbocycles. The van der Waals surface area contributed by atoms with E-state index >= 15 is 0 Å². The van der Waals surface area contributed by atoms with Crippen LogP contribution in [-0.4, -0.2) is 35.4 Å². The van der Waals surface area contributed by atoms with Crippen molar-refractivity contribution in [2.24, 2.45) is 0 Å². The van der Waals surface area contributed by atoms with Gasteiger partial charge in [-0.15, -0.1) is 0 Å². The largest absolute Gasteiger partial charge is 0.462 e. The van der Waals surface area contributed by atoms with E-state index in [9.17, 15) is 19.8 Å². The smallest absolute Gasteiger partial charge is 0.338 e. The molecule has 32 heavy (non-hydrogen) atoms. The topological polar surface area (TPSA) is 93.1 Å². The summed E-state index contributed by atoms with van der Waals surface area (Å²) in [6.07, 6.45) is -0.840. The summed E-state index contributed by atoms with van der Waals surface area (Å²) < 4.78 is 10.4. The number of esters is 2. The third-order valence-corrected chi connectivity index (χ3v) is 4.97. The van der Waals surface area contributed by atoms with Gasteiger partial charge in [-0.1, -0.05) is 60.7 Å². The van der Waals surface area contributed by atoms with Crippen LogP contribution in [0.2, 0.25) is 0 Å².